The van der Waals surface area contributed by atoms with E-state index in [2.05, 4.69) is 10.6 Å². The molecular formula is C22H20N2O4S. The van der Waals surface area contributed by atoms with Crippen molar-refractivity contribution in [1.29, 1.82) is 0 Å². The number of thioether (sulfide) groups is 1. The molecule has 2 amide bonds. The Labute approximate surface area is 172 Å². The highest BCUT2D eigenvalue weighted by Gasteiger charge is 2.08. The molecule has 0 aliphatic rings. The number of anilines is 2. The molecule has 29 heavy (non-hydrogen) atoms. The van der Waals surface area contributed by atoms with Crippen LogP contribution in [0.1, 0.15) is 12.8 Å². The van der Waals surface area contributed by atoms with Gasteiger partial charge in [-0.15, -0.1) is 11.8 Å². The third-order valence-electron chi connectivity index (χ3n) is 4.09. The summed E-state index contributed by atoms with van der Waals surface area (Å²) in [6, 6.07) is 20.8. The van der Waals surface area contributed by atoms with Gasteiger partial charge in [0.2, 0.25) is 11.8 Å². The molecule has 0 aromatic heterocycles. The van der Waals surface area contributed by atoms with Crippen LogP contribution in [-0.4, -0.2) is 28.6 Å². The van der Waals surface area contributed by atoms with Crippen LogP contribution < -0.4 is 10.6 Å². The van der Waals surface area contributed by atoms with E-state index in [-0.39, 0.29) is 30.4 Å². The van der Waals surface area contributed by atoms with Crippen molar-refractivity contribution in [2.24, 2.45) is 0 Å². The second-order valence-corrected chi connectivity index (χ2v) is 7.42. The van der Waals surface area contributed by atoms with Gasteiger partial charge in [0, 0.05) is 22.7 Å². The van der Waals surface area contributed by atoms with E-state index < -0.39 is 5.97 Å². The molecule has 3 aromatic carbocycles. The predicted molar refractivity (Wildman–Crippen MR) is 115 cm³/mol. The van der Waals surface area contributed by atoms with Crippen molar-refractivity contribution in [1.82, 2.24) is 0 Å². The molecule has 0 aliphatic carbocycles. The van der Waals surface area contributed by atoms with E-state index in [9.17, 15) is 14.4 Å². The highest BCUT2D eigenvalue weighted by atomic mass is 32.2. The van der Waals surface area contributed by atoms with Crippen molar-refractivity contribution in [2.75, 3.05) is 16.4 Å². The molecule has 7 heteroatoms. The van der Waals surface area contributed by atoms with Crippen LogP contribution in [-0.2, 0) is 14.4 Å². The first-order valence-corrected chi connectivity index (χ1v) is 10.0. The van der Waals surface area contributed by atoms with Crippen molar-refractivity contribution in [3.8, 4) is 0 Å². The minimum atomic E-state index is -1.01. The van der Waals surface area contributed by atoms with Crippen LogP contribution in [0.4, 0.5) is 11.4 Å². The van der Waals surface area contributed by atoms with Gasteiger partial charge < -0.3 is 15.7 Å². The Hall–Kier alpha value is -3.32. The normalized spacial score (nSPS) is 10.5. The number of carbonyl (C=O) groups excluding carboxylic acids is 2. The summed E-state index contributed by atoms with van der Waals surface area (Å²) >= 11 is 1.35. The maximum Gasteiger partial charge on any atom is 0.303 e. The zero-order chi connectivity index (χ0) is 20.6. The van der Waals surface area contributed by atoms with Crippen LogP contribution >= 0.6 is 11.8 Å². The number of hydrogen-bond donors (Lipinski definition) is 3. The Morgan fingerprint density at radius 1 is 0.759 bits per heavy atom. The molecule has 0 bridgehead atoms. The lowest BCUT2D eigenvalue weighted by Crippen LogP contribution is -2.14. The first-order chi connectivity index (χ1) is 14.0. The van der Waals surface area contributed by atoms with Crippen LogP contribution in [0.3, 0.4) is 0 Å². The zero-order valence-corrected chi connectivity index (χ0v) is 16.4. The molecular weight excluding hydrogens is 388 g/mol. The van der Waals surface area contributed by atoms with Crippen molar-refractivity contribution in [3.63, 3.8) is 0 Å². The number of hydrogen-bond acceptors (Lipinski definition) is 4. The van der Waals surface area contributed by atoms with Crippen LogP contribution in [0.5, 0.6) is 0 Å². The Morgan fingerprint density at radius 2 is 1.48 bits per heavy atom. The Balaban J connectivity index is 1.53. The van der Waals surface area contributed by atoms with Crippen LogP contribution in [0, 0.1) is 0 Å². The van der Waals surface area contributed by atoms with Gasteiger partial charge in [-0.2, -0.15) is 0 Å². The topological polar surface area (TPSA) is 95.5 Å². The molecule has 148 valence electrons. The molecule has 0 saturated carbocycles. The minimum Gasteiger partial charge on any atom is -0.481 e. The first kappa shape index (κ1) is 20.4. The molecule has 0 spiro atoms. The minimum absolute atomic E-state index is 0.0825. The average molecular weight is 408 g/mol. The molecule has 3 aromatic rings. The number of benzene rings is 3. The standard InChI is InChI=1S/C22H20N2O4S/c25-20(10-11-22(27)28)23-17-6-3-7-19(13-17)29-14-21(26)24-18-9-8-15-4-1-2-5-16(15)12-18/h1-9,12-13H,10-11,14H2,(H,23,25)(H,24,26)(H,27,28). The van der Waals surface area contributed by atoms with Crippen molar-refractivity contribution < 1.29 is 19.5 Å². The van der Waals surface area contributed by atoms with Gasteiger partial charge in [0.15, 0.2) is 0 Å². The number of aliphatic carboxylic acids is 1. The molecule has 3 rings (SSSR count). The zero-order valence-electron chi connectivity index (χ0n) is 15.6. The van der Waals surface area contributed by atoms with Gasteiger partial charge in [0.25, 0.3) is 0 Å². The summed E-state index contributed by atoms with van der Waals surface area (Å²) in [4.78, 5) is 35.4. The molecule has 0 atom stereocenters. The quantitative estimate of drug-likeness (QED) is 0.481. The Kier molecular flexibility index (Phi) is 6.86. The Bertz CT molecular complexity index is 1050. The fraction of sp³-hybridized carbons (Fsp3) is 0.136. The van der Waals surface area contributed by atoms with E-state index >= 15 is 0 Å². The van der Waals surface area contributed by atoms with Crippen molar-refractivity contribution in [3.05, 3.63) is 66.7 Å². The van der Waals surface area contributed by atoms with E-state index in [4.69, 9.17) is 5.11 Å². The summed E-state index contributed by atoms with van der Waals surface area (Å²) in [7, 11) is 0. The monoisotopic (exact) mass is 408 g/mol. The van der Waals surface area contributed by atoms with E-state index in [0.717, 1.165) is 21.4 Å². The van der Waals surface area contributed by atoms with Gasteiger partial charge in [-0.3, -0.25) is 14.4 Å². The molecule has 6 nitrogen and oxygen atoms in total. The summed E-state index contributed by atoms with van der Waals surface area (Å²) in [6.07, 6.45) is -0.296. The number of fused-ring (bicyclic) bond motifs is 1. The van der Waals surface area contributed by atoms with Gasteiger partial charge in [-0.1, -0.05) is 36.4 Å². The van der Waals surface area contributed by atoms with Crippen molar-refractivity contribution >= 4 is 51.7 Å². The Morgan fingerprint density at radius 3 is 2.28 bits per heavy atom. The van der Waals surface area contributed by atoms with Crippen LogP contribution in [0.15, 0.2) is 71.6 Å². The van der Waals surface area contributed by atoms with E-state index in [1.165, 1.54) is 11.8 Å². The molecule has 0 unspecified atom stereocenters. The SMILES string of the molecule is O=C(O)CCC(=O)Nc1cccc(SCC(=O)Nc2ccc3ccccc3c2)c1. The van der Waals surface area contributed by atoms with E-state index in [0.29, 0.717) is 5.69 Å². The smallest absolute Gasteiger partial charge is 0.303 e. The summed E-state index contributed by atoms with van der Waals surface area (Å²) < 4.78 is 0. The highest BCUT2D eigenvalue weighted by molar-refractivity contribution is 8.00. The number of rotatable bonds is 8. The molecule has 3 N–H and O–H groups in total. The number of amides is 2. The first-order valence-electron chi connectivity index (χ1n) is 9.03. The summed E-state index contributed by atoms with van der Waals surface area (Å²) in [5.41, 5.74) is 1.31. The predicted octanol–water partition coefficient (Wildman–Crippen LogP) is 4.37. The number of nitrogens with one attached hydrogen (secondary N) is 2. The molecule has 0 radical (unpaired) electrons. The second kappa shape index (κ2) is 9.75. The summed E-state index contributed by atoms with van der Waals surface area (Å²) in [5, 5.41) is 16.4. The lowest BCUT2D eigenvalue weighted by Gasteiger charge is -2.08. The van der Waals surface area contributed by atoms with Gasteiger partial charge in [0.1, 0.15) is 0 Å². The van der Waals surface area contributed by atoms with Gasteiger partial charge in [-0.25, -0.2) is 0 Å². The van der Waals surface area contributed by atoms with E-state index in [1.54, 1.807) is 18.2 Å². The highest BCUT2D eigenvalue weighted by Crippen LogP contribution is 2.23. The largest absolute Gasteiger partial charge is 0.481 e. The van der Waals surface area contributed by atoms with Crippen LogP contribution in [0.2, 0.25) is 0 Å². The molecule has 0 fully saturated rings. The fourth-order valence-corrected chi connectivity index (χ4v) is 3.48. The lowest BCUT2D eigenvalue weighted by atomic mass is 10.1. The maximum absolute atomic E-state index is 12.3. The molecule has 0 saturated heterocycles. The molecule has 0 aliphatic heterocycles. The third kappa shape index (κ3) is 6.36. The molecule has 0 heterocycles. The number of carboxylic acid groups (broad SMARTS) is 1. The van der Waals surface area contributed by atoms with Crippen molar-refractivity contribution in [2.45, 2.75) is 17.7 Å². The summed E-state index contributed by atoms with van der Waals surface area (Å²) in [5.74, 6) is -1.27. The van der Waals surface area contributed by atoms with Gasteiger partial charge >= 0.3 is 5.97 Å². The maximum atomic E-state index is 12.3. The lowest BCUT2D eigenvalue weighted by molar-refractivity contribution is -0.138. The third-order valence-corrected chi connectivity index (χ3v) is 5.08. The van der Waals surface area contributed by atoms with Gasteiger partial charge in [-0.05, 0) is 41.1 Å². The second-order valence-electron chi connectivity index (χ2n) is 6.37. The fourth-order valence-electron chi connectivity index (χ4n) is 2.72. The van der Waals surface area contributed by atoms with E-state index in [1.807, 2.05) is 48.5 Å². The van der Waals surface area contributed by atoms with Gasteiger partial charge in [0.05, 0.1) is 12.2 Å². The van der Waals surface area contributed by atoms with Crippen LogP contribution in [0.25, 0.3) is 10.8 Å². The number of carboxylic acids is 1. The number of carbonyl (C=O) groups is 3. The summed E-state index contributed by atoms with van der Waals surface area (Å²) in [6.45, 7) is 0. The average Bonchev–Trinajstić information content (AvgIpc) is 2.71.